The Balaban J connectivity index is 1.65. The lowest BCUT2D eigenvalue weighted by atomic mass is 9.85. The average Bonchev–Trinajstić information content (AvgIpc) is 3.44. The van der Waals surface area contributed by atoms with E-state index in [4.69, 9.17) is 0 Å². The number of aryl methyl sites for hydroxylation is 2. The molecule has 166 valence electrons. The minimum Gasteiger partial charge on any atom is -0.391 e. The SMILES string of the molecule is CNC(=O)[C@H]1CC(O)CN1C(=O)C(n1cc(-c2ccc3c(c2)CCC3)nn1)C(C)(C)C. The summed E-state index contributed by atoms with van der Waals surface area (Å²) in [7, 11) is 1.54. The summed E-state index contributed by atoms with van der Waals surface area (Å²) in [6.07, 6.45) is 4.71. The number of hydrogen-bond acceptors (Lipinski definition) is 5. The van der Waals surface area contributed by atoms with Crippen LogP contribution in [0.25, 0.3) is 11.3 Å². The minimum absolute atomic E-state index is 0.135. The lowest BCUT2D eigenvalue weighted by molar-refractivity contribution is -0.144. The lowest BCUT2D eigenvalue weighted by Gasteiger charge is -2.34. The third-order valence-electron chi connectivity index (χ3n) is 6.33. The molecule has 8 nitrogen and oxygen atoms in total. The number of benzene rings is 1. The van der Waals surface area contributed by atoms with E-state index in [1.807, 2.05) is 27.0 Å². The highest BCUT2D eigenvalue weighted by molar-refractivity contribution is 5.90. The average molecular weight is 426 g/mol. The Morgan fingerprint density at radius 3 is 2.68 bits per heavy atom. The maximum absolute atomic E-state index is 13.6. The van der Waals surface area contributed by atoms with Gasteiger partial charge in [0, 0.05) is 25.6 Å². The third-order valence-corrected chi connectivity index (χ3v) is 6.33. The number of likely N-dealkylation sites (tertiary alicyclic amines) is 1. The monoisotopic (exact) mass is 425 g/mol. The molecular formula is C23H31N5O3. The highest BCUT2D eigenvalue weighted by atomic mass is 16.3. The number of amides is 2. The molecule has 1 fully saturated rings. The maximum atomic E-state index is 13.6. The van der Waals surface area contributed by atoms with E-state index >= 15 is 0 Å². The predicted octanol–water partition coefficient (Wildman–Crippen LogP) is 1.73. The number of aliphatic hydroxyl groups is 1. The zero-order chi connectivity index (χ0) is 22.3. The number of likely N-dealkylation sites (N-methyl/N-ethyl adjacent to an activating group) is 1. The Labute approximate surface area is 182 Å². The van der Waals surface area contributed by atoms with Crippen molar-refractivity contribution in [1.82, 2.24) is 25.2 Å². The van der Waals surface area contributed by atoms with Gasteiger partial charge in [-0.1, -0.05) is 38.1 Å². The molecule has 2 heterocycles. The van der Waals surface area contributed by atoms with Crippen molar-refractivity contribution in [3.05, 3.63) is 35.5 Å². The summed E-state index contributed by atoms with van der Waals surface area (Å²) in [5.41, 5.74) is 4.00. The number of hydrogen-bond donors (Lipinski definition) is 2. The van der Waals surface area contributed by atoms with Crippen LogP contribution in [-0.4, -0.2) is 62.6 Å². The smallest absolute Gasteiger partial charge is 0.248 e. The van der Waals surface area contributed by atoms with Crippen LogP contribution in [0.5, 0.6) is 0 Å². The van der Waals surface area contributed by atoms with Gasteiger partial charge in [0.1, 0.15) is 17.8 Å². The van der Waals surface area contributed by atoms with Crippen LogP contribution < -0.4 is 5.32 Å². The predicted molar refractivity (Wildman–Crippen MR) is 116 cm³/mol. The van der Waals surface area contributed by atoms with Gasteiger partial charge in [0.25, 0.3) is 0 Å². The maximum Gasteiger partial charge on any atom is 0.248 e. The van der Waals surface area contributed by atoms with Crippen molar-refractivity contribution in [3.63, 3.8) is 0 Å². The molecule has 0 spiro atoms. The second kappa shape index (κ2) is 8.07. The molecule has 2 aromatic rings. The molecule has 31 heavy (non-hydrogen) atoms. The van der Waals surface area contributed by atoms with E-state index in [2.05, 4.69) is 33.8 Å². The molecule has 4 rings (SSSR count). The number of aliphatic hydroxyl groups excluding tert-OH is 1. The van der Waals surface area contributed by atoms with E-state index in [1.54, 1.807) is 4.68 Å². The fourth-order valence-electron chi connectivity index (χ4n) is 4.78. The normalized spacial score (nSPS) is 21.8. The zero-order valence-corrected chi connectivity index (χ0v) is 18.6. The van der Waals surface area contributed by atoms with Crippen LogP contribution in [0.3, 0.4) is 0 Å². The highest BCUT2D eigenvalue weighted by Gasteiger charge is 2.45. The van der Waals surface area contributed by atoms with Crippen LogP contribution in [0.15, 0.2) is 24.4 Å². The van der Waals surface area contributed by atoms with E-state index < -0.39 is 23.6 Å². The number of β-amino-alcohol motifs (C(OH)–C–C–N with tert-alkyl or cyclic N) is 1. The topological polar surface area (TPSA) is 100 Å². The standard InChI is InChI=1S/C23H31N5O3/c1-23(2,3)20(22(31)27-12-17(29)11-19(27)21(30)24-4)28-13-18(25-26-28)16-9-8-14-6-5-7-15(14)10-16/h8-10,13,17,19-20,29H,5-7,11-12H2,1-4H3,(H,24,30)/t17?,19-,20?/m1/s1. The first-order chi connectivity index (χ1) is 14.7. The van der Waals surface area contributed by atoms with E-state index in [-0.39, 0.29) is 24.8 Å². The van der Waals surface area contributed by atoms with E-state index in [0.29, 0.717) is 0 Å². The van der Waals surface area contributed by atoms with Crippen molar-refractivity contribution < 1.29 is 14.7 Å². The fraction of sp³-hybridized carbons (Fsp3) is 0.565. The van der Waals surface area contributed by atoms with Crippen molar-refractivity contribution >= 4 is 11.8 Å². The van der Waals surface area contributed by atoms with Gasteiger partial charge in [0.2, 0.25) is 11.8 Å². The van der Waals surface area contributed by atoms with Crippen LogP contribution in [0, 0.1) is 5.41 Å². The molecule has 8 heteroatoms. The van der Waals surface area contributed by atoms with Crippen molar-refractivity contribution in [2.75, 3.05) is 13.6 Å². The molecule has 0 radical (unpaired) electrons. The van der Waals surface area contributed by atoms with E-state index in [9.17, 15) is 14.7 Å². The molecule has 2 aliphatic rings. The summed E-state index contributed by atoms with van der Waals surface area (Å²) in [4.78, 5) is 27.4. The molecule has 1 saturated heterocycles. The number of nitrogens with one attached hydrogen (secondary N) is 1. The van der Waals surface area contributed by atoms with Gasteiger partial charge in [-0.3, -0.25) is 9.59 Å². The summed E-state index contributed by atoms with van der Waals surface area (Å²) in [5, 5.41) is 21.4. The third kappa shape index (κ3) is 4.08. The van der Waals surface area contributed by atoms with Crippen LogP contribution >= 0.6 is 0 Å². The van der Waals surface area contributed by atoms with Gasteiger partial charge in [0.05, 0.1) is 12.3 Å². The highest BCUT2D eigenvalue weighted by Crippen LogP contribution is 2.35. The minimum atomic E-state index is -0.718. The lowest BCUT2D eigenvalue weighted by Crippen LogP contribution is -2.49. The Bertz CT molecular complexity index is 993. The number of aromatic nitrogens is 3. The molecule has 2 unspecified atom stereocenters. The molecule has 1 aliphatic heterocycles. The van der Waals surface area contributed by atoms with E-state index in [0.717, 1.165) is 24.1 Å². The van der Waals surface area contributed by atoms with Crippen LogP contribution in [-0.2, 0) is 22.4 Å². The fourth-order valence-corrected chi connectivity index (χ4v) is 4.78. The second-order valence-corrected chi connectivity index (χ2v) is 9.70. The van der Waals surface area contributed by atoms with Crippen LogP contribution in [0.4, 0.5) is 0 Å². The van der Waals surface area contributed by atoms with Crippen molar-refractivity contribution in [3.8, 4) is 11.3 Å². The van der Waals surface area contributed by atoms with E-state index in [1.165, 1.54) is 29.5 Å². The molecule has 1 aliphatic carbocycles. The Morgan fingerprint density at radius 1 is 1.23 bits per heavy atom. The number of nitrogens with zero attached hydrogens (tertiary/aromatic N) is 4. The number of carbonyl (C=O) groups is 2. The van der Waals surface area contributed by atoms with Gasteiger partial charge in [-0.05, 0) is 41.9 Å². The molecule has 1 aromatic heterocycles. The summed E-state index contributed by atoms with van der Waals surface area (Å²) >= 11 is 0. The van der Waals surface area contributed by atoms with Gasteiger partial charge in [0.15, 0.2) is 0 Å². The first kappa shape index (κ1) is 21.5. The quantitative estimate of drug-likeness (QED) is 0.777. The first-order valence-electron chi connectivity index (χ1n) is 10.9. The van der Waals surface area contributed by atoms with Crippen LogP contribution in [0.2, 0.25) is 0 Å². The number of rotatable bonds is 4. The second-order valence-electron chi connectivity index (χ2n) is 9.70. The van der Waals surface area contributed by atoms with Crippen molar-refractivity contribution in [2.24, 2.45) is 5.41 Å². The van der Waals surface area contributed by atoms with Crippen LogP contribution in [0.1, 0.15) is 50.8 Å². The molecular weight excluding hydrogens is 394 g/mol. The van der Waals surface area contributed by atoms with Crippen molar-refractivity contribution in [1.29, 1.82) is 0 Å². The summed E-state index contributed by atoms with van der Waals surface area (Å²) in [6, 6.07) is 5.05. The van der Waals surface area contributed by atoms with Crippen molar-refractivity contribution in [2.45, 2.75) is 64.6 Å². The zero-order valence-electron chi connectivity index (χ0n) is 18.6. The molecule has 0 saturated carbocycles. The summed E-state index contributed by atoms with van der Waals surface area (Å²) in [6.45, 7) is 6.03. The Morgan fingerprint density at radius 2 is 1.97 bits per heavy atom. The first-order valence-corrected chi connectivity index (χ1v) is 10.9. The number of carbonyl (C=O) groups excluding carboxylic acids is 2. The Kier molecular flexibility index (Phi) is 5.60. The largest absolute Gasteiger partial charge is 0.391 e. The molecule has 1 aromatic carbocycles. The van der Waals surface area contributed by atoms with Gasteiger partial charge >= 0.3 is 0 Å². The summed E-state index contributed by atoms with van der Waals surface area (Å²) < 4.78 is 1.61. The number of fused-ring (bicyclic) bond motifs is 1. The van der Waals surface area contributed by atoms with Gasteiger partial charge in [-0.25, -0.2) is 4.68 Å². The molecule has 3 atom stereocenters. The van der Waals surface area contributed by atoms with Gasteiger partial charge in [-0.15, -0.1) is 5.10 Å². The Hall–Kier alpha value is -2.74. The molecule has 0 bridgehead atoms. The summed E-state index contributed by atoms with van der Waals surface area (Å²) in [5.74, 6) is -0.502. The van der Waals surface area contributed by atoms with Gasteiger partial charge in [-0.2, -0.15) is 0 Å². The molecule has 2 N–H and O–H groups in total. The van der Waals surface area contributed by atoms with Gasteiger partial charge < -0.3 is 15.3 Å². The molecule has 2 amide bonds.